The van der Waals surface area contributed by atoms with Gasteiger partial charge in [0.2, 0.25) is 0 Å². The monoisotopic (exact) mass is 537 g/mol. The molecule has 0 atom stereocenters. The molecule has 0 amide bonds. The lowest BCUT2D eigenvalue weighted by molar-refractivity contribution is 0.503. The highest BCUT2D eigenvalue weighted by Crippen LogP contribution is 2.29. The molecule has 1 saturated carbocycles. The number of nitrogens with two attached hydrogens (primary N) is 1. The van der Waals surface area contributed by atoms with Crippen LogP contribution >= 0.6 is 0 Å². The Balaban J connectivity index is 1.57. The number of aryl methyl sites for hydroxylation is 1. The fraction of sp³-hybridized carbons (Fsp3) is 0.294. The van der Waals surface area contributed by atoms with E-state index in [-0.39, 0.29) is 5.82 Å². The smallest absolute Gasteiger partial charge is 0.133 e. The number of hydrogen-bond donors (Lipinski definition) is 3. The van der Waals surface area contributed by atoms with Gasteiger partial charge in [0.1, 0.15) is 11.6 Å². The van der Waals surface area contributed by atoms with Gasteiger partial charge in [0.15, 0.2) is 0 Å². The van der Waals surface area contributed by atoms with Crippen molar-refractivity contribution >= 4 is 16.8 Å². The molecule has 0 spiro atoms. The molecule has 0 radical (unpaired) electrons. The lowest BCUT2D eigenvalue weighted by Crippen LogP contribution is -2.23. The van der Waals surface area contributed by atoms with E-state index in [4.69, 9.17) is 10.7 Å². The molecule has 3 aromatic rings. The molecule has 1 fully saturated rings. The van der Waals surface area contributed by atoms with Crippen LogP contribution in [0, 0.1) is 18.7 Å². The molecule has 0 saturated heterocycles. The number of rotatable bonds is 12. The Bertz CT molecular complexity index is 1420. The highest BCUT2D eigenvalue weighted by Gasteiger charge is 2.17. The Morgan fingerprint density at radius 2 is 1.95 bits per heavy atom. The Morgan fingerprint density at radius 1 is 1.20 bits per heavy atom. The Hall–Kier alpha value is -4.03. The number of H-pyrrole nitrogens is 1. The minimum absolute atomic E-state index is 0.349. The quantitative estimate of drug-likeness (QED) is 0.167. The molecule has 4 N–H and O–H groups in total. The first-order valence-electron chi connectivity index (χ1n) is 14.0. The van der Waals surface area contributed by atoms with Crippen molar-refractivity contribution in [3.63, 3.8) is 0 Å². The van der Waals surface area contributed by atoms with Crippen LogP contribution in [-0.4, -0.2) is 28.0 Å². The van der Waals surface area contributed by atoms with Gasteiger partial charge in [0.25, 0.3) is 0 Å². The molecule has 0 unspecified atom stereocenters. The molecule has 208 valence electrons. The van der Waals surface area contributed by atoms with Gasteiger partial charge in [-0.2, -0.15) is 0 Å². The number of pyridine rings is 1. The van der Waals surface area contributed by atoms with E-state index in [0.717, 1.165) is 57.5 Å². The number of aromatic nitrogens is 3. The third kappa shape index (κ3) is 7.13. The summed E-state index contributed by atoms with van der Waals surface area (Å²) in [6.45, 7) is 13.5. The van der Waals surface area contributed by atoms with E-state index in [9.17, 15) is 0 Å². The molecule has 40 heavy (non-hydrogen) atoms. The van der Waals surface area contributed by atoms with Crippen molar-refractivity contribution in [2.75, 3.05) is 18.8 Å². The summed E-state index contributed by atoms with van der Waals surface area (Å²) in [6.07, 6.45) is 18.7. The molecular weight excluding hydrogens is 497 g/mol. The summed E-state index contributed by atoms with van der Waals surface area (Å²) < 4.78 is 15.2. The summed E-state index contributed by atoms with van der Waals surface area (Å²) in [4.78, 5) is 12.4. The number of nitrogen functional groups attached to an aromatic ring is 1. The van der Waals surface area contributed by atoms with Crippen LogP contribution in [0.1, 0.15) is 66.5 Å². The van der Waals surface area contributed by atoms with E-state index in [1.165, 1.54) is 31.7 Å². The molecule has 0 bridgehead atoms. The molecule has 1 aliphatic rings. The molecule has 2 heterocycles. The first kappa shape index (κ1) is 29.0. The normalized spacial score (nSPS) is 15.0. The van der Waals surface area contributed by atoms with Crippen molar-refractivity contribution in [3.8, 4) is 0 Å². The van der Waals surface area contributed by atoms with Crippen molar-refractivity contribution in [3.05, 3.63) is 125 Å². The van der Waals surface area contributed by atoms with Crippen LogP contribution in [0.25, 0.3) is 11.1 Å². The van der Waals surface area contributed by atoms with Crippen molar-refractivity contribution < 1.29 is 4.39 Å². The van der Waals surface area contributed by atoms with Gasteiger partial charge >= 0.3 is 0 Å². The van der Waals surface area contributed by atoms with Gasteiger partial charge in [0, 0.05) is 47.9 Å². The van der Waals surface area contributed by atoms with Gasteiger partial charge in [-0.15, -0.1) is 0 Å². The fourth-order valence-electron chi connectivity index (χ4n) is 5.35. The summed E-state index contributed by atoms with van der Waals surface area (Å²) in [5.41, 5.74) is 13.5. The molecule has 5 nitrogen and oxygen atoms in total. The molecule has 0 aliphatic heterocycles. The fourth-order valence-corrected chi connectivity index (χ4v) is 5.35. The number of halogens is 1. The highest BCUT2D eigenvalue weighted by molar-refractivity contribution is 5.80. The second-order valence-corrected chi connectivity index (χ2v) is 10.4. The number of aromatic amines is 1. The van der Waals surface area contributed by atoms with Gasteiger partial charge in [0.05, 0.1) is 5.69 Å². The Kier molecular flexibility index (Phi) is 10.0. The van der Waals surface area contributed by atoms with Crippen molar-refractivity contribution in [1.29, 1.82) is 0 Å². The van der Waals surface area contributed by atoms with Crippen LogP contribution in [0.5, 0.6) is 0 Å². The van der Waals surface area contributed by atoms with Gasteiger partial charge < -0.3 is 16.0 Å². The number of benzene rings is 1. The van der Waals surface area contributed by atoms with Crippen molar-refractivity contribution in [2.24, 2.45) is 5.92 Å². The molecule has 6 heteroatoms. The van der Waals surface area contributed by atoms with Crippen molar-refractivity contribution in [2.45, 2.75) is 46.0 Å². The van der Waals surface area contributed by atoms with E-state index < -0.39 is 0 Å². The number of nitrogens with zero attached hydrogens (tertiary/aromatic N) is 2. The molecule has 1 aromatic carbocycles. The zero-order valence-electron chi connectivity index (χ0n) is 23.6. The Morgan fingerprint density at radius 3 is 2.62 bits per heavy atom. The average molecular weight is 538 g/mol. The Labute approximate surface area is 237 Å². The number of hydrogen-bond acceptors (Lipinski definition) is 4. The summed E-state index contributed by atoms with van der Waals surface area (Å²) in [7, 11) is 0. The average Bonchev–Trinajstić information content (AvgIpc) is 3.61. The molecule has 2 aromatic heterocycles. The first-order valence-corrected chi connectivity index (χ1v) is 14.0. The van der Waals surface area contributed by atoms with Crippen LogP contribution in [0.4, 0.5) is 10.1 Å². The van der Waals surface area contributed by atoms with Gasteiger partial charge in [-0.3, -0.25) is 4.98 Å². The minimum Gasteiger partial charge on any atom is -0.398 e. The van der Waals surface area contributed by atoms with Crippen LogP contribution < -0.4 is 11.1 Å². The van der Waals surface area contributed by atoms with E-state index in [2.05, 4.69) is 28.4 Å². The van der Waals surface area contributed by atoms with Gasteiger partial charge in [-0.1, -0.05) is 56.4 Å². The van der Waals surface area contributed by atoms with Gasteiger partial charge in [-0.25, -0.2) is 9.37 Å². The van der Waals surface area contributed by atoms with Crippen LogP contribution in [-0.2, 0) is 6.42 Å². The zero-order chi connectivity index (χ0) is 28.5. The zero-order valence-corrected chi connectivity index (χ0v) is 23.6. The predicted octanol–water partition coefficient (Wildman–Crippen LogP) is 7.34. The number of anilines is 1. The highest BCUT2D eigenvalue weighted by atomic mass is 19.1. The molecular formula is C34H40FN5. The topological polar surface area (TPSA) is 79.6 Å². The summed E-state index contributed by atoms with van der Waals surface area (Å²) in [5.74, 6) is 1.16. The lowest BCUT2D eigenvalue weighted by Gasteiger charge is -2.13. The maximum absolute atomic E-state index is 15.2. The standard InChI is InChI=1S/C34H40FN5/c1-5-10-29(27-13-15-37-16-14-27)34-23(4)39-33(40-34)19-28-18-30(31(35)20-32(28)36)26(7-3)17-24(6-2)21-38-22-25-11-8-9-12-25/h5-7,10,13-18,20,25,38H,1-2,8-9,11-12,19,21-22,36H2,3-4H3,(H,39,40)/b24-17+,26-7+,29-10-. The number of allylic oxidation sites excluding steroid dienone is 5. The van der Waals surface area contributed by atoms with E-state index in [0.29, 0.717) is 24.2 Å². The minimum atomic E-state index is -0.349. The summed E-state index contributed by atoms with van der Waals surface area (Å²) >= 11 is 0. The second-order valence-electron chi connectivity index (χ2n) is 10.4. The van der Waals surface area contributed by atoms with E-state index >= 15 is 4.39 Å². The molecule has 4 rings (SSSR count). The summed E-state index contributed by atoms with van der Waals surface area (Å²) in [6, 6.07) is 7.14. The predicted molar refractivity (Wildman–Crippen MR) is 165 cm³/mol. The van der Waals surface area contributed by atoms with E-state index in [1.54, 1.807) is 18.5 Å². The van der Waals surface area contributed by atoms with Crippen molar-refractivity contribution in [1.82, 2.24) is 20.3 Å². The van der Waals surface area contributed by atoms with Crippen LogP contribution in [0.3, 0.4) is 0 Å². The maximum atomic E-state index is 15.2. The second kappa shape index (κ2) is 13.9. The van der Waals surface area contributed by atoms with Crippen LogP contribution in [0.2, 0.25) is 0 Å². The third-order valence-electron chi connectivity index (χ3n) is 7.51. The first-order chi connectivity index (χ1) is 19.4. The molecule has 1 aliphatic carbocycles. The van der Waals surface area contributed by atoms with Gasteiger partial charge in [-0.05, 0) is 85.7 Å². The number of nitrogens with one attached hydrogen (secondary N) is 2. The maximum Gasteiger partial charge on any atom is 0.133 e. The lowest BCUT2D eigenvalue weighted by atomic mass is 9.97. The summed E-state index contributed by atoms with van der Waals surface area (Å²) in [5, 5.41) is 3.56. The van der Waals surface area contributed by atoms with Crippen LogP contribution in [0.15, 0.2) is 85.8 Å². The largest absolute Gasteiger partial charge is 0.398 e. The SMILES string of the molecule is C=C/C=C(/c1ccncc1)c1nc(Cc2cc(C(/C=C(\C=C)CNCC3CCCC3)=C/C)c(F)cc2N)[nH]c1C. The number of imidazole rings is 1. The van der Waals surface area contributed by atoms with E-state index in [1.807, 2.05) is 56.4 Å². The third-order valence-corrected chi connectivity index (χ3v) is 7.51.